The van der Waals surface area contributed by atoms with Gasteiger partial charge in [0, 0.05) is 22.6 Å². The molecule has 0 bridgehead atoms. The van der Waals surface area contributed by atoms with Gasteiger partial charge in [-0.15, -0.1) is 0 Å². The van der Waals surface area contributed by atoms with Crippen LogP contribution in [0.15, 0.2) is 70.7 Å². The molecule has 0 unspecified atom stereocenters. The van der Waals surface area contributed by atoms with Crippen molar-refractivity contribution in [2.45, 2.75) is 25.7 Å². The largest absolute Gasteiger partial charge is 0.318 e. The first kappa shape index (κ1) is 17.9. The first-order valence-electron chi connectivity index (χ1n) is 8.24. The van der Waals surface area contributed by atoms with E-state index in [2.05, 4.69) is 14.5 Å². The first-order chi connectivity index (χ1) is 12.4. The molecule has 6 heteroatoms. The van der Waals surface area contributed by atoms with Gasteiger partial charge in [0.1, 0.15) is 0 Å². The Hall–Kier alpha value is -2.86. The van der Waals surface area contributed by atoms with Crippen LogP contribution < -0.4 is 4.83 Å². The van der Waals surface area contributed by atoms with E-state index in [9.17, 15) is 8.42 Å². The fourth-order valence-corrected chi connectivity index (χ4v) is 3.62. The summed E-state index contributed by atoms with van der Waals surface area (Å²) < 4.78 is 26.7. The van der Waals surface area contributed by atoms with Gasteiger partial charge in [0.05, 0.1) is 11.1 Å². The lowest BCUT2D eigenvalue weighted by molar-refractivity contribution is 0.584. The van der Waals surface area contributed by atoms with E-state index in [1.165, 1.54) is 6.21 Å². The Morgan fingerprint density at radius 1 is 0.962 bits per heavy atom. The van der Waals surface area contributed by atoms with Gasteiger partial charge in [-0.1, -0.05) is 35.9 Å². The second kappa shape index (κ2) is 7.17. The molecule has 1 N–H and O–H groups in total. The smallest absolute Gasteiger partial charge is 0.276 e. The SMILES string of the molecule is Cc1ccc(S(=O)(=O)N/N=C\c2cc(C)n(-c3ccccc3)c2C)cc1. The van der Waals surface area contributed by atoms with Crippen LogP contribution in [0, 0.1) is 20.8 Å². The third-order valence-electron chi connectivity index (χ3n) is 4.19. The number of sulfonamides is 1. The zero-order valence-corrected chi connectivity index (χ0v) is 15.8. The Balaban J connectivity index is 1.82. The molecule has 0 spiro atoms. The van der Waals surface area contributed by atoms with Gasteiger partial charge in [-0.2, -0.15) is 13.5 Å². The van der Waals surface area contributed by atoms with Gasteiger partial charge in [0.25, 0.3) is 10.0 Å². The monoisotopic (exact) mass is 367 g/mol. The maximum atomic E-state index is 12.3. The number of aromatic nitrogens is 1. The number of hydrogen-bond acceptors (Lipinski definition) is 3. The summed E-state index contributed by atoms with van der Waals surface area (Å²) in [6, 6.07) is 18.6. The predicted octanol–water partition coefficient (Wildman–Crippen LogP) is 3.71. The second-order valence-electron chi connectivity index (χ2n) is 6.16. The summed E-state index contributed by atoms with van der Waals surface area (Å²) in [5, 5.41) is 3.94. The summed E-state index contributed by atoms with van der Waals surface area (Å²) in [7, 11) is -3.67. The van der Waals surface area contributed by atoms with E-state index >= 15 is 0 Å². The number of aryl methyl sites for hydroxylation is 2. The number of hydrazone groups is 1. The molecule has 26 heavy (non-hydrogen) atoms. The Morgan fingerprint density at radius 2 is 1.62 bits per heavy atom. The van der Waals surface area contributed by atoms with Crippen molar-refractivity contribution < 1.29 is 8.42 Å². The van der Waals surface area contributed by atoms with Crippen LogP contribution in [-0.2, 0) is 10.0 Å². The van der Waals surface area contributed by atoms with Crippen molar-refractivity contribution in [3.8, 4) is 5.69 Å². The molecule has 2 aromatic carbocycles. The van der Waals surface area contributed by atoms with Gasteiger partial charge >= 0.3 is 0 Å². The lowest BCUT2D eigenvalue weighted by Gasteiger charge is -2.09. The van der Waals surface area contributed by atoms with Crippen molar-refractivity contribution in [2.75, 3.05) is 0 Å². The van der Waals surface area contributed by atoms with Gasteiger partial charge in [0.2, 0.25) is 0 Å². The average Bonchev–Trinajstić information content (AvgIpc) is 2.90. The standard InChI is InChI=1S/C20H21N3O2S/c1-15-9-11-20(12-10-15)26(24,25)22-21-14-18-13-16(2)23(17(18)3)19-7-5-4-6-8-19/h4-14,22H,1-3H3/b21-14-. The zero-order valence-electron chi connectivity index (χ0n) is 15.0. The quantitative estimate of drug-likeness (QED) is 0.552. The highest BCUT2D eigenvalue weighted by atomic mass is 32.2. The first-order valence-corrected chi connectivity index (χ1v) is 9.73. The van der Waals surface area contributed by atoms with E-state index in [1.807, 2.05) is 57.2 Å². The molecule has 1 heterocycles. The van der Waals surface area contributed by atoms with Crippen LogP contribution in [-0.4, -0.2) is 19.2 Å². The molecule has 0 radical (unpaired) electrons. The molecular formula is C20H21N3O2S. The maximum Gasteiger partial charge on any atom is 0.276 e. The number of hydrogen-bond donors (Lipinski definition) is 1. The normalized spacial score (nSPS) is 11.8. The van der Waals surface area contributed by atoms with Crippen LogP contribution >= 0.6 is 0 Å². The molecule has 1 aromatic heterocycles. The minimum absolute atomic E-state index is 0.190. The number of para-hydroxylation sites is 1. The molecular weight excluding hydrogens is 346 g/mol. The summed E-state index contributed by atoms with van der Waals surface area (Å²) in [5.74, 6) is 0. The van der Waals surface area contributed by atoms with E-state index < -0.39 is 10.0 Å². The van der Waals surface area contributed by atoms with Crippen LogP contribution in [0.25, 0.3) is 5.69 Å². The number of benzene rings is 2. The molecule has 5 nitrogen and oxygen atoms in total. The molecule has 3 rings (SSSR count). The van der Waals surface area contributed by atoms with Crippen LogP contribution in [0.3, 0.4) is 0 Å². The lowest BCUT2D eigenvalue weighted by atomic mass is 10.2. The summed E-state index contributed by atoms with van der Waals surface area (Å²) in [6.07, 6.45) is 1.54. The van der Waals surface area contributed by atoms with E-state index in [-0.39, 0.29) is 4.90 Å². The fourth-order valence-electron chi connectivity index (χ4n) is 2.83. The van der Waals surface area contributed by atoms with Crippen molar-refractivity contribution >= 4 is 16.2 Å². The van der Waals surface area contributed by atoms with Crippen LogP contribution in [0.1, 0.15) is 22.5 Å². The lowest BCUT2D eigenvalue weighted by Crippen LogP contribution is -2.18. The summed E-state index contributed by atoms with van der Waals surface area (Å²) in [5.41, 5.74) is 4.96. The van der Waals surface area contributed by atoms with E-state index in [1.54, 1.807) is 24.3 Å². The molecule has 0 saturated carbocycles. The Kier molecular flexibility index (Phi) is 4.95. The van der Waals surface area contributed by atoms with Crippen molar-refractivity contribution in [1.29, 1.82) is 0 Å². The summed E-state index contributed by atoms with van der Waals surface area (Å²) in [6.45, 7) is 5.90. The van der Waals surface area contributed by atoms with Crippen molar-refractivity contribution in [3.05, 3.63) is 83.2 Å². The molecule has 0 fully saturated rings. The third-order valence-corrected chi connectivity index (χ3v) is 5.43. The molecule has 0 aliphatic rings. The van der Waals surface area contributed by atoms with Crippen LogP contribution in [0.5, 0.6) is 0 Å². The Morgan fingerprint density at radius 3 is 2.27 bits per heavy atom. The van der Waals surface area contributed by atoms with E-state index in [0.717, 1.165) is 28.2 Å². The van der Waals surface area contributed by atoms with Crippen molar-refractivity contribution in [2.24, 2.45) is 5.10 Å². The maximum absolute atomic E-state index is 12.3. The molecule has 3 aromatic rings. The fraction of sp³-hybridized carbons (Fsp3) is 0.150. The Bertz CT molecular complexity index is 1030. The van der Waals surface area contributed by atoms with E-state index in [0.29, 0.717) is 0 Å². The third kappa shape index (κ3) is 3.70. The zero-order chi connectivity index (χ0) is 18.7. The molecule has 134 valence electrons. The van der Waals surface area contributed by atoms with Gasteiger partial charge in [0.15, 0.2) is 0 Å². The molecule has 0 amide bonds. The minimum atomic E-state index is -3.67. The van der Waals surface area contributed by atoms with Gasteiger partial charge in [-0.25, -0.2) is 4.83 Å². The molecule has 0 saturated heterocycles. The highest BCUT2D eigenvalue weighted by molar-refractivity contribution is 7.89. The summed E-state index contributed by atoms with van der Waals surface area (Å²) in [4.78, 5) is 2.46. The summed E-state index contributed by atoms with van der Waals surface area (Å²) >= 11 is 0. The van der Waals surface area contributed by atoms with Gasteiger partial charge in [-0.05, 0) is 51.1 Å². The molecule has 0 aliphatic carbocycles. The Labute approximate surface area is 154 Å². The van der Waals surface area contributed by atoms with Gasteiger partial charge < -0.3 is 4.57 Å². The van der Waals surface area contributed by atoms with Crippen LogP contribution in [0.4, 0.5) is 0 Å². The van der Waals surface area contributed by atoms with E-state index in [4.69, 9.17) is 0 Å². The topological polar surface area (TPSA) is 63.5 Å². The number of nitrogens with one attached hydrogen (secondary N) is 1. The van der Waals surface area contributed by atoms with Crippen molar-refractivity contribution in [1.82, 2.24) is 9.40 Å². The van der Waals surface area contributed by atoms with Crippen molar-refractivity contribution in [3.63, 3.8) is 0 Å². The second-order valence-corrected chi connectivity index (χ2v) is 7.82. The van der Waals surface area contributed by atoms with Gasteiger partial charge in [-0.3, -0.25) is 0 Å². The number of nitrogens with zero attached hydrogens (tertiary/aromatic N) is 2. The highest BCUT2D eigenvalue weighted by Gasteiger charge is 2.13. The minimum Gasteiger partial charge on any atom is -0.318 e. The highest BCUT2D eigenvalue weighted by Crippen LogP contribution is 2.19. The molecule has 0 atom stereocenters. The van der Waals surface area contributed by atoms with Crippen LogP contribution in [0.2, 0.25) is 0 Å². The molecule has 0 aliphatic heterocycles. The number of rotatable bonds is 5. The average molecular weight is 367 g/mol. The predicted molar refractivity (Wildman–Crippen MR) is 104 cm³/mol.